The number of carbonyl (C=O) groups is 1. The van der Waals surface area contributed by atoms with Gasteiger partial charge in [0.05, 0.1) is 17.5 Å². The van der Waals surface area contributed by atoms with Gasteiger partial charge in [-0.25, -0.2) is 0 Å². The van der Waals surface area contributed by atoms with Crippen LogP contribution in [0.15, 0.2) is 0 Å². The lowest BCUT2D eigenvalue weighted by Gasteiger charge is -2.31. The van der Waals surface area contributed by atoms with Crippen LogP contribution in [0, 0.1) is 17.2 Å². The average Bonchev–Trinajstić information content (AvgIpc) is 2.26. The minimum Gasteiger partial charge on any atom is -0.343 e. The Balaban J connectivity index is 4.51. The van der Waals surface area contributed by atoms with Crippen LogP contribution in [-0.2, 0) is 4.79 Å². The zero-order valence-electron chi connectivity index (χ0n) is 10.1. The molecule has 1 amide bonds. The minimum atomic E-state index is -0.774. The molecule has 0 aromatic rings. The van der Waals surface area contributed by atoms with Crippen molar-refractivity contribution in [3.8, 4) is 6.07 Å². The van der Waals surface area contributed by atoms with Gasteiger partial charge < -0.3 is 10.6 Å². The summed E-state index contributed by atoms with van der Waals surface area (Å²) < 4.78 is 0. The molecule has 0 aromatic carbocycles. The topological polar surface area (TPSA) is 70.1 Å². The highest BCUT2D eigenvalue weighted by Gasteiger charge is 2.32. The van der Waals surface area contributed by atoms with E-state index in [1.54, 1.807) is 18.9 Å². The third kappa shape index (κ3) is 3.52. The predicted molar refractivity (Wildman–Crippen MR) is 59.9 cm³/mol. The molecule has 15 heavy (non-hydrogen) atoms. The summed E-state index contributed by atoms with van der Waals surface area (Å²) in [5, 5.41) is 8.66. The van der Waals surface area contributed by atoms with Crippen molar-refractivity contribution in [2.45, 2.75) is 39.2 Å². The summed E-state index contributed by atoms with van der Waals surface area (Å²) in [5.41, 5.74) is 5.21. The van der Waals surface area contributed by atoms with Crippen LogP contribution >= 0.6 is 0 Å². The largest absolute Gasteiger partial charge is 0.343 e. The van der Waals surface area contributed by atoms with E-state index in [9.17, 15) is 4.79 Å². The highest BCUT2D eigenvalue weighted by molar-refractivity contribution is 5.85. The van der Waals surface area contributed by atoms with Crippen LogP contribution in [0.1, 0.15) is 33.6 Å². The Bertz CT molecular complexity index is 253. The molecule has 0 radical (unpaired) electrons. The molecule has 1 atom stereocenters. The molecule has 0 saturated heterocycles. The lowest BCUT2D eigenvalue weighted by Crippen LogP contribution is -2.54. The first-order valence-corrected chi connectivity index (χ1v) is 5.35. The summed E-state index contributed by atoms with van der Waals surface area (Å²) in [6.07, 6.45) is 1.24. The van der Waals surface area contributed by atoms with Gasteiger partial charge in [0.1, 0.15) is 0 Å². The lowest BCUT2D eigenvalue weighted by molar-refractivity contribution is -0.136. The number of hydrogen-bond donors (Lipinski definition) is 1. The molecule has 1 unspecified atom stereocenters. The maximum absolute atomic E-state index is 12.0. The van der Waals surface area contributed by atoms with E-state index in [4.69, 9.17) is 11.0 Å². The number of likely N-dealkylation sites (N-methyl/N-ethyl adjacent to an activating group) is 1. The molecule has 4 heteroatoms. The van der Waals surface area contributed by atoms with Gasteiger partial charge in [-0.3, -0.25) is 4.79 Å². The van der Waals surface area contributed by atoms with E-state index < -0.39 is 5.54 Å². The standard InChI is InChI=1S/C11H21N3O/c1-5-11(13,6-2)10(15)14(4)8-9(3)7-12/h9H,5-6,8,13H2,1-4H3. The van der Waals surface area contributed by atoms with Crippen LogP contribution in [0.4, 0.5) is 0 Å². The fourth-order valence-corrected chi connectivity index (χ4v) is 1.47. The maximum atomic E-state index is 12.0. The summed E-state index contributed by atoms with van der Waals surface area (Å²) in [4.78, 5) is 13.5. The van der Waals surface area contributed by atoms with Gasteiger partial charge in [-0.05, 0) is 19.8 Å². The highest BCUT2D eigenvalue weighted by atomic mass is 16.2. The Hall–Kier alpha value is -1.08. The van der Waals surface area contributed by atoms with Crippen molar-refractivity contribution in [3.05, 3.63) is 0 Å². The van der Waals surface area contributed by atoms with Crippen molar-refractivity contribution in [2.75, 3.05) is 13.6 Å². The second-order valence-electron chi connectivity index (χ2n) is 4.08. The average molecular weight is 211 g/mol. The molecule has 0 heterocycles. The molecule has 0 saturated carbocycles. The number of nitrogens with two attached hydrogens (primary N) is 1. The van der Waals surface area contributed by atoms with Gasteiger partial charge in [0.2, 0.25) is 5.91 Å². The van der Waals surface area contributed by atoms with Crippen LogP contribution in [0.3, 0.4) is 0 Å². The first-order chi connectivity index (χ1) is 6.91. The molecule has 86 valence electrons. The normalized spacial score (nSPS) is 13.1. The van der Waals surface area contributed by atoms with Crippen molar-refractivity contribution >= 4 is 5.91 Å². The molecule has 4 nitrogen and oxygen atoms in total. The zero-order valence-corrected chi connectivity index (χ0v) is 10.1. The summed E-state index contributed by atoms with van der Waals surface area (Å²) in [6, 6.07) is 2.10. The van der Waals surface area contributed by atoms with E-state index >= 15 is 0 Å². The smallest absolute Gasteiger partial charge is 0.242 e. The maximum Gasteiger partial charge on any atom is 0.242 e. The number of carbonyl (C=O) groups excluding carboxylic acids is 1. The zero-order chi connectivity index (χ0) is 12.1. The van der Waals surface area contributed by atoms with E-state index in [1.165, 1.54) is 0 Å². The van der Waals surface area contributed by atoms with Crippen molar-refractivity contribution in [1.82, 2.24) is 4.90 Å². The SMILES string of the molecule is CCC(N)(CC)C(=O)N(C)CC(C)C#N. The molecule has 2 N–H and O–H groups in total. The van der Waals surface area contributed by atoms with Gasteiger partial charge >= 0.3 is 0 Å². The van der Waals surface area contributed by atoms with E-state index in [-0.39, 0.29) is 11.8 Å². The van der Waals surface area contributed by atoms with Crippen molar-refractivity contribution < 1.29 is 4.79 Å². The van der Waals surface area contributed by atoms with Crippen LogP contribution in [0.2, 0.25) is 0 Å². The number of amides is 1. The van der Waals surface area contributed by atoms with Crippen LogP contribution in [0.25, 0.3) is 0 Å². The lowest BCUT2D eigenvalue weighted by atomic mass is 9.92. The van der Waals surface area contributed by atoms with Gasteiger partial charge in [-0.1, -0.05) is 13.8 Å². The van der Waals surface area contributed by atoms with Crippen molar-refractivity contribution in [1.29, 1.82) is 5.26 Å². The van der Waals surface area contributed by atoms with E-state index in [2.05, 4.69) is 6.07 Å². The van der Waals surface area contributed by atoms with Gasteiger partial charge in [-0.2, -0.15) is 5.26 Å². The molecule has 0 rings (SSSR count). The summed E-state index contributed by atoms with van der Waals surface area (Å²) >= 11 is 0. The number of nitrogens with zero attached hydrogens (tertiary/aromatic N) is 2. The molecular formula is C11H21N3O. The van der Waals surface area contributed by atoms with E-state index in [0.717, 1.165) is 0 Å². The Labute approximate surface area is 92.0 Å². The minimum absolute atomic E-state index is 0.0744. The molecule has 0 bridgehead atoms. The highest BCUT2D eigenvalue weighted by Crippen LogP contribution is 2.15. The molecule has 0 aromatic heterocycles. The van der Waals surface area contributed by atoms with Gasteiger partial charge in [0.15, 0.2) is 0 Å². The number of rotatable bonds is 5. The van der Waals surface area contributed by atoms with Crippen LogP contribution in [0.5, 0.6) is 0 Å². The first-order valence-electron chi connectivity index (χ1n) is 5.35. The Kier molecular flexibility index (Phi) is 5.31. The molecular weight excluding hydrogens is 190 g/mol. The third-order valence-electron chi connectivity index (χ3n) is 2.80. The van der Waals surface area contributed by atoms with Gasteiger partial charge in [0, 0.05) is 13.6 Å². The second-order valence-corrected chi connectivity index (χ2v) is 4.08. The van der Waals surface area contributed by atoms with Gasteiger partial charge in [0.25, 0.3) is 0 Å². The summed E-state index contributed by atoms with van der Waals surface area (Å²) in [7, 11) is 1.70. The summed E-state index contributed by atoms with van der Waals surface area (Å²) in [5.74, 6) is -0.230. The fraction of sp³-hybridized carbons (Fsp3) is 0.818. The second kappa shape index (κ2) is 5.72. The number of hydrogen-bond acceptors (Lipinski definition) is 3. The van der Waals surface area contributed by atoms with E-state index in [0.29, 0.717) is 19.4 Å². The van der Waals surface area contributed by atoms with Crippen LogP contribution in [-0.4, -0.2) is 29.9 Å². The van der Waals surface area contributed by atoms with Crippen molar-refractivity contribution in [2.24, 2.45) is 11.7 Å². The van der Waals surface area contributed by atoms with Crippen molar-refractivity contribution in [3.63, 3.8) is 0 Å². The fourth-order valence-electron chi connectivity index (χ4n) is 1.47. The molecule has 0 fully saturated rings. The third-order valence-corrected chi connectivity index (χ3v) is 2.80. The first kappa shape index (κ1) is 13.9. The van der Waals surface area contributed by atoms with Crippen LogP contribution < -0.4 is 5.73 Å². The van der Waals surface area contributed by atoms with E-state index in [1.807, 2.05) is 13.8 Å². The molecule has 0 aliphatic rings. The Morgan fingerprint density at radius 2 is 2.00 bits per heavy atom. The Morgan fingerprint density at radius 3 is 2.33 bits per heavy atom. The molecule has 0 aliphatic heterocycles. The Morgan fingerprint density at radius 1 is 1.53 bits per heavy atom. The summed E-state index contributed by atoms with van der Waals surface area (Å²) in [6.45, 7) is 6.04. The molecule has 0 aliphatic carbocycles. The van der Waals surface area contributed by atoms with Gasteiger partial charge in [-0.15, -0.1) is 0 Å². The number of nitriles is 1. The predicted octanol–water partition coefficient (Wildman–Crippen LogP) is 1.12. The molecule has 0 spiro atoms. The monoisotopic (exact) mass is 211 g/mol. The quantitative estimate of drug-likeness (QED) is 0.741.